The molecule has 3 aliphatic heterocycles. The van der Waals surface area contributed by atoms with E-state index in [2.05, 4.69) is 39.5 Å². The van der Waals surface area contributed by atoms with E-state index in [-0.39, 0.29) is 36.7 Å². The van der Waals surface area contributed by atoms with Crippen LogP contribution in [0.2, 0.25) is 0 Å². The number of aliphatic hydroxyl groups excluding tert-OH is 3. The Morgan fingerprint density at radius 3 is 2.29 bits per heavy atom. The van der Waals surface area contributed by atoms with Crippen LogP contribution in [0.5, 0.6) is 0 Å². The smallest absolute Gasteiger partial charge is 0.311 e. The molecule has 0 spiro atoms. The summed E-state index contributed by atoms with van der Waals surface area (Å²) in [5.41, 5.74) is 0.515. The average Bonchev–Trinajstić information content (AvgIpc) is 3.73. The molecule has 1 aromatic rings. The molecule has 0 saturated carbocycles. The Bertz CT molecular complexity index is 1630. The molecule has 2 fully saturated rings. The number of Topliss-reactive ketones (excluding diaryl/α,β-unsaturated/α-hetero) is 1. The fourth-order valence-corrected chi connectivity index (χ4v) is 9.47. The van der Waals surface area contributed by atoms with Gasteiger partial charge in [0.15, 0.2) is 6.29 Å². The molecule has 15 atom stereocenters. The summed E-state index contributed by atoms with van der Waals surface area (Å²) in [5.74, 6) is -5.12. The Balaban J connectivity index is 1.47. The molecule has 6 N–H and O–H groups in total. The number of hydrogen-bond acceptors (Lipinski definition) is 16. The van der Waals surface area contributed by atoms with Crippen molar-refractivity contribution < 1.29 is 59.0 Å². The van der Waals surface area contributed by atoms with Gasteiger partial charge in [-0.2, -0.15) is 5.11 Å². The number of likely N-dealkylation sites (N-methyl/N-ethyl adjacent to an activating group) is 1. The molecule has 62 heavy (non-hydrogen) atoms. The summed E-state index contributed by atoms with van der Waals surface area (Å²) in [6.45, 7) is 15.2. The van der Waals surface area contributed by atoms with E-state index in [4.69, 9.17) is 24.2 Å². The zero-order valence-electron chi connectivity index (χ0n) is 38.5. The lowest BCUT2D eigenvalue weighted by Gasteiger charge is -2.48. The molecule has 1 unspecified atom stereocenters. The molecular formula is C45H75N5O12. The molecule has 17 heteroatoms. The predicted octanol–water partition coefficient (Wildman–Crippen LogP) is 4.26. The standard InChI is InChI=1S/C45H75N5O12/c1-11-35-45(8,57)40(55)28(4)37(52)26(2)23-44(7,59-10)41(29(5)38(53)30(6)42(56)61-35)62-43-39(54)34(22-27(3)60-43)49(9)24-31-17-19-32(20-18-31)33-25-50(48-46-33)21-15-13-12-14-16-36(51)47-58/h17-20,26-30,33-35,38-41,43,53-55,57-58H,11-16,21-25H2,1-10H3,(H,47,51)/t26-,27-,28+,29+,30-,33?,34+,35-,38+,39-,40-,41-,43+,44-,45-/m1/s1. The second-order valence-electron chi connectivity index (χ2n) is 18.6. The van der Waals surface area contributed by atoms with Gasteiger partial charge in [0.2, 0.25) is 5.91 Å². The number of nitrogens with zero attached hydrogens (tertiary/aromatic N) is 4. The van der Waals surface area contributed by atoms with Crippen LogP contribution >= 0.6 is 0 Å². The van der Waals surface area contributed by atoms with Gasteiger partial charge in [-0.05, 0) is 78.0 Å². The van der Waals surface area contributed by atoms with Crippen LogP contribution in [0.4, 0.5) is 0 Å². The fraction of sp³-hybridized carbons (Fsp3) is 0.800. The molecule has 4 rings (SSSR count). The number of carbonyl (C=O) groups is 3. The molecule has 352 valence electrons. The SMILES string of the molecule is CC[C@H]1OC(=O)[C@H](C)[C@@H](O)[C@H](C)[C@@H](O[C@@H]2O[C@H](C)C[C@H](N(C)Cc3ccc(C4CN(CCCCCCC(=O)NO)N=N4)cc3)[C@H]2O)[C@](C)(OC)C[C@@H](C)C(=O)[C@H](C)[C@@H](O)[C@]1(C)O. The van der Waals surface area contributed by atoms with E-state index in [1.165, 1.54) is 21.0 Å². The number of carbonyl (C=O) groups excluding carboxylic acids is 3. The van der Waals surface area contributed by atoms with Crippen molar-refractivity contribution >= 4 is 17.7 Å². The topological polar surface area (TPSA) is 233 Å². The molecule has 0 bridgehead atoms. The van der Waals surface area contributed by atoms with Crippen molar-refractivity contribution in [3.05, 3.63) is 35.4 Å². The lowest BCUT2D eigenvalue weighted by Crippen LogP contribution is -2.60. The van der Waals surface area contributed by atoms with E-state index in [1.54, 1.807) is 40.1 Å². The molecule has 17 nitrogen and oxygen atoms in total. The number of rotatable bonds is 15. The minimum atomic E-state index is -1.95. The molecule has 0 aromatic heterocycles. The van der Waals surface area contributed by atoms with Crippen molar-refractivity contribution in [2.75, 3.05) is 27.2 Å². The Morgan fingerprint density at radius 1 is 1.00 bits per heavy atom. The van der Waals surface area contributed by atoms with Gasteiger partial charge in [-0.25, -0.2) is 5.48 Å². The second-order valence-corrected chi connectivity index (χ2v) is 18.6. The number of hydroxylamine groups is 1. The highest BCUT2D eigenvalue weighted by Crippen LogP contribution is 2.39. The maximum absolute atomic E-state index is 13.9. The van der Waals surface area contributed by atoms with Gasteiger partial charge >= 0.3 is 5.97 Å². The van der Waals surface area contributed by atoms with Crippen LogP contribution in [0.15, 0.2) is 34.6 Å². The van der Waals surface area contributed by atoms with Crippen LogP contribution in [0.25, 0.3) is 0 Å². The van der Waals surface area contributed by atoms with Gasteiger partial charge in [-0.3, -0.25) is 29.5 Å². The number of esters is 1. The number of unbranched alkanes of at least 4 members (excludes halogenated alkanes) is 3. The van der Waals surface area contributed by atoms with Gasteiger partial charge in [0.05, 0.1) is 42.5 Å². The second kappa shape index (κ2) is 22.7. The van der Waals surface area contributed by atoms with E-state index in [0.29, 0.717) is 25.9 Å². The predicted molar refractivity (Wildman–Crippen MR) is 228 cm³/mol. The summed E-state index contributed by atoms with van der Waals surface area (Å²) < 4.78 is 24.9. The third-order valence-corrected chi connectivity index (χ3v) is 13.6. The molecule has 1 amide bonds. The molecule has 3 heterocycles. The van der Waals surface area contributed by atoms with Crippen LogP contribution in [0.1, 0.15) is 124 Å². The zero-order chi connectivity index (χ0) is 46.1. The summed E-state index contributed by atoms with van der Waals surface area (Å²) in [6.07, 6.45) is -3.14. The van der Waals surface area contributed by atoms with Gasteiger partial charge in [-0.15, -0.1) is 0 Å². The quantitative estimate of drug-likeness (QED) is 0.0626. The van der Waals surface area contributed by atoms with Crippen molar-refractivity contribution in [3.63, 3.8) is 0 Å². The highest BCUT2D eigenvalue weighted by atomic mass is 16.7. The Labute approximate surface area is 367 Å². The highest BCUT2D eigenvalue weighted by molar-refractivity contribution is 5.83. The fourth-order valence-electron chi connectivity index (χ4n) is 9.47. The molecular weight excluding hydrogens is 803 g/mol. The molecule has 0 radical (unpaired) electrons. The monoisotopic (exact) mass is 878 g/mol. The van der Waals surface area contributed by atoms with Crippen molar-refractivity contribution in [3.8, 4) is 0 Å². The Kier molecular flexibility index (Phi) is 18.8. The van der Waals surface area contributed by atoms with E-state index in [1.807, 2.05) is 19.0 Å². The minimum absolute atomic E-state index is 0.0798. The number of ether oxygens (including phenoxy) is 4. The van der Waals surface area contributed by atoms with Gasteiger partial charge in [0.1, 0.15) is 29.6 Å². The first-order valence-corrected chi connectivity index (χ1v) is 22.4. The molecule has 2 saturated heterocycles. The molecule has 3 aliphatic rings. The third-order valence-electron chi connectivity index (χ3n) is 13.6. The van der Waals surface area contributed by atoms with Gasteiger partial charge in [0.25, 0.3) is 0 Å². The lowest BCUT2D eigenvalue weighted by atomic mass is 9.74. The summed E-state index contributed by atoms with van der Waals surface area (Å²) in [5, 5.41) is 66.0. The maximum atomic E-state index is 13.9. The first-order valence-electron chi connectivity index (χ1n) is 22.4. The summed E-state index contributed by atoms with van der Waals surface area (Å²) in [4.78, 5) is 40.7. The number of hydrogen-bond donors (Lipinski definition) is 6. The van der Waals surface area contributed by atoms with E-state index < -0.39 is 83.7 Å². The van der Waals surface area contributed by atoms with Gasteiger partial charge in [-0.1, -0.05) is 70.0 Å². The molecule has 0 aliphatic carbocycles. The number of methoxy groups -OCH3 is 1. The number of benzene rings is 1. The van der Waals surface area contributed by atoms with Gasteiger partial charge < -0.3 is 39.4 Å². The Hall–Kier alpha value is -3.13. The zero-order valence-corrected chi connectivity index (χ0v) is 38.5. The largest absolute Gasteiger partial charge is 0.459 e. The number of nitrogens with one attached hydrogen (secondary N) is 1. The summed E-state index contributed by atoms with van der Waals surface area (Å²) in [7, 11) is 3.41. The number of ketones is 1. The van der Waals surface area contributed by atoms with Crippen LogP contribution in [0, 0.1) is 23.7 Å². The minimum Gasteiger partial charge on any atom is -0.459 e. The Morgan fingerprint density at radius 2 is 1.66 bits per heavy atom. The van der Waals surface area contributed by atoms with E-state index >= 15 is 0 Å². The normalized spacial score (nSPS) is 37.6. The van der Waals surface area contributed by atoms with Crippen LogP contribution in [-0.2, 0) is 39.9 Å². The lowest BCUT2D eigenvalue weighted by molar-refractivity contribution is -0.302. The number of aliphatic hydroxyl groups is 4. The first kappa shape index (κ1) is 51.5. The van der Waals surface area contributed by atoms with Crippen LogP contribution in [0.3, 0.4) is 0 Å². The van der Waals surface area contributed by atoms with E-state index in [9.17, 15) is 34.8 Å². The van der Waals surface area contributed by atoms with Gasteiger partial charge in [0, 0.05) is 50.4 Å². The average molecular weight is 878 g/mol. The third kappa shape index (κ3) is 12.6. The van der Waals surface area contributed by atoms with Crippen LogP contribution < -0.4 is 5.48 Å². The summed E-state index contributed by atoms with van der Waals surface area (Å²) >= 11 is 0. The highest BCUT2D eigenvalue weighted by Gasteiger charge is 2.52. The number of cyclic esters (lactones) is 1. The first-order chi connectivity index (χ1) is 29.2. The van der Waals surface area contributed by atoms with Crippen molar-refractivity contribution in [2.24, 2.45) is 34.0 Å². The van der Waals surface area contributed by atoms with Crippen molar-refractivity contribution in [2.45, 2.75) is 180 Å². The van der Waals surface area contributed by atoms with Crippen molar-refractivity contribution in [1.82, 2.24) is 15.4 Å². The van der Waals surface area contributed by atoms with E-state index in [0.717, 1.165) is 43.4 Å². The molecule has 1 aromatic carbocycles. The number of amides is 1. The van der Waals surface area contributed by atoms with Crippen LogP contribution in [-0.4, -0.2) is 141 Å². The summed E-state index contributed by atoms with van der Waals surface area (Å²) in [6, 6.07) is 7.74. The van der Waals surface area contributed by atoms with Crippen molar-refractivity contribution in [1.29, 1.82) is 0 Å². The maximum Gasteiger partial charge on any atom is 0.311 e.